The van der Waals surface area contributed by atoms with E-state index in [1.807, 2.05) is 32.0 Å². The average Bonchev–Trinajstić information content (AvgIpc) is 2.52. The van der Waals surface area contributed by atoms with Gasteiger partial charge in [-0.05, 0) is 73.7 Å². The van der Waals surface area contributed by atoms with Gasteiger partial charge in [0.2, 0.25) is 5.91 Å². The highest BCUT2D eigenvalue weighted by Crippen LogP contribution is 2.39. The molecular formula is C19H21Br2NO3. The van der Waals surface area contributed by atoms with Crippen LogP contribution in [0.1, 0.15) is 30.9 Å². The number of ether oxygens (including phenoxy) is 1. The Morgan fingerprint density at radius 2 is 1.76 bits per heavy atom. The second kappa shape index (κ2) is 8.23. The highest BCUT2D eigenvalue weighted by Gasteiger charge is 2.14. The maximum absolute atomic E-state index is 11.9. The first-order valence-electron chi connectivity index (χ1n) is 7.88. The van der Waals surface area contributed by atoms with Gasteiger partial charge in [0, 0.05) is 19.7 Å². The number of hydrogen-bond acceptors (Lipinski definition) is 3. The molecule has 0 aliphatic rings. The molecule has 2 aromatic carbocycles. The van der Waals surface area contributed by atoms with Gasteiger partial charge in [-0.3, -0.25) is 4.79 Å². The molecule has 0 unspecified atom stereocenters. The molecule has 4 nitrogen and oxygen atoms in total. The molecule has 0 saturated carbocycles. The Morgan fingerprint density at radius 3 is 2.28 bits per heavy atom. The zero-order chi connectivity index (χ0) is 18.7. The Hall–Kier alpha value is -1.53. The van der Waals surface area contributed by atoms with Crippen LogP contribution < -0.4 is 4.74 Å². The summed E-state index contributed by atoms with van der Waals surface area (Å²) in [6.07, 6.45) is 0.321. The monoisotopic (exact) mass is 469 g/mol. The SMILES string of the molecule is CC(C)c1cc(Oc2c(Br)cc(CC(=O)N(C)C)cc2Br)ccc1O. The van der Waals surface area contributed by atoms with E-state index in [0.29, 0.717) is 17.9 Å². The third-order valence-corrected chi connectivity index (χ3v) is 4.93. The van der Waals surface area contributed by atoms with Crippen LogP contribution in [0.3, 0.4) is 0 Å². The van der Waals surface area contributed by atoms with Gasteiger partial charge in [-0.2, -0.15) is 0 Å². The van der Waals surface area contributed by atoms with Gasteiger partial charge in [-0.1, -0.05) is 13.8 Å². The largest absolute Gasteiger partial charge is 0.508 e. The predicted molar refractivity (Wildman–Crippen MR) is 107 cm³/mol. The number of carbonyl (C=O) groups excluding carboxylic acids is 1. The molecule has 0 atom stereocenters. The van der Waals surface area contributed by atoms with E-state index in [1.54, 1.807) is 31.1 Å². The van der Waals surface area contributed by atoms with E-state index < -0.39 is 0 Å². The van der Waals surface area contributed by atoms with Crippen molar-refractivity contribution in [1.29, 1.82) is 0 Å². The number of nitrogens with zero attached hydrogens (tertiary/aromatic N) is 1. The summed E-state index contributed by atoms with van der Waals surface area (Å²) in [5.41, 5.74) is 1.72. The van der Waals surface area contributed by atoms with Crippen molar-refractivity contribution in [1.82, 2.24) is 4.90 Å². The van der Waals surface area contributed by atoms with Gasteiger partial charge in [0.1, 0.15) is 11.5 Å². The van der Waals surface area contributed by atoms with Gasteiger partial charge in [-0.25, -0.2) is 0 Å². The molecule has 0 fully saturated rings. The molecule has 0 radical (unpaired) electrons. The van der Waals surface area contributed by atoms with Crippen molar-refractivity contribution in [3.63, 3.8) is 0 Å². The van der Waals surface area contributed by atoms with Gasteiger partial charge in [0.05, 0.1) is 15.4 Å². The lowest BCUT2D eigenvalue weighted by atomic mass is 10.0. The van der Waals surface area contributed by atoms with Gasteiger partial charge in [0.15, 0.2) is 5.75 Å². The first-order valence-corrected chi connectivity index (χ1v) is 9.46. The highest BCUT2D eigenvalue weighted by molar-refractivity contribution is 9.11. The zero-order valence-corrected chi connectivity index (χ0v) is 17.8. The molecule has 6 heteroatoms. The molecule has 0 spiro atoms. The summed E-state index contributed by atoms with van der Waals surface area (Å²) in [5, 5.41) is 9.94. The van der Waals surface area contributed by atoms with E-state index in [-0.39, 0.29) is 17.6 Å². The molecule has 1 N–H and O–H groups in total. The van der Waals surface area contributed by atoms with Crippen molar-refractivity contribution in [2.45, 2.75) is 26.2 Å². The summed E-state index contributed by atoms with van der Waals surface area (Å²) in [5.74, 6) is 1.75. The topological polar surface area (TPSA) is 49.8 Å². The number of halogens is 2. The Bertz CT molecular complexity index is 765. The quantitative estimate of drug-likeness (QED) is 0.630. The molecule has 25 heavy (non-hydrogen) atoms. The van der Waals surface area contributed by atoms with E-state index in [9.17, 15) is 9.90 Å². The first kappa shape index (κ1) is 19.8. The minimum Gasteiger partial charge on any atom is -0.508 e. The first-order chi connectivity index (χ1) is 11.7. The van der Waals surface area contributed by atoms with E-state index in [2.05, 4.69) is 31.9 Å². The summed E-state index contributed by atoms with van der Waals surface area (Å²) < 4.78 is 7.50. The van der Waals surface area contributed by atoms with Gasteiger partial charge >= 0.3 is 0 Å². The number of likely N-dealkylation sites (N-methyl/N-ethyl adjacent to an activating group) is 1. The maximum Gasteiger partial charge on any atom is 0.226 e. The molecule has 2 aromatic rings. The lowest BCUT2D eigenvalue weighted by molar-refractivity contribution is -0.127. The van der Waals surface area contributed by atoms with Crippen LogP contribution in [-0.4, -0.2) is 30.0 Å². The molecule has 0 bridgehead atoms. The number of hydrogen-bond donors (Lipinski definition) is 1. The van der Waals surface area contributed by atoms with Crippen LogP contribution in [0.15, 0.2) is 39.3 Å². The summed E-state index contributed by atoms with van der Waals surface area (Å²) in [4.78, 5) is 13.4. The number of amides is 1. The molecule has 1 amide bonds. The molecule has 134 valence electrons. The Kier molecular flexibility index (Phi) is 6.52. The summed E-state index contributed by atoms with van der Waals surface area (Å²) in [6.45, 7) is 4.03. The second-order valence-electron chi connectivity index (χ2n) is 6.33. The fourth-order valence-corrected chi connectivity index (χ4v) is 3.76. The third kappa shape index (κ3) is 4.98. The third-order valence-electron chi connectivity index (χ3n) is 3.75. The summed E-state index contributed by atoms with van der Waals surface area (Å²) in [6, 6.07) is 8.96. The van der Waals surface area contributed by atoms with E-state index in [4.69, 9.17) is 4.74 Å². The normalized spacial score (nSPS) is 10.8. The summed E-state index contributed by atoms with van der Waals surface area (Å²) >= 11 is 7.03. The van der Waals surface area contributed by atoms with Crippen LogP contribution in [0.2, 0.25) is 0 Å². The van der Waals surface area contributed by atoms with Crippen molar-refractivity contribution < 1.29 is 14.6 Å². The van der Waals surface area contributed by atoms with Crippen LogP contribution in [0.4, 0.5) is 0 Å². The molecule has 0 aliphatic heterocycles. The van der Waals surface area contributed by atoms with Gasteiger partial charge in [0.25, 0.3) is 0 Å². The standard InChI is InChI=1S/C19H21Br2NO3/c1-11(2)14-10-13(5-6-17(14)23)25-19-15(20)7-12(8-16(19)21)9-18(24)22(3)4/h5-8,10-11,23H,9H2,1-4H3. The predicted octanol–water partition coefficient (Wildman–Crippen LogP) is 5.46. The van der Waals surface area contributed by atoms with Gasteiger partial charge in [-0.15, -0.1) is 0 Å². The van der Waals surface area contributed by atoms with Crippen molar-refractivity contribution in [2.75, 3.05) is 14.1 Å². The van der Waals surface area contributed by atoms with Crippen molar-refractivity contribution in [2.24, 2.45) is 0 Å². The highest BCUT2D eigenvalue weighted by atomic mass is 79.9. The smallest absolute Gasteiger partial charge is 0.226 e. The van der Waals surface area contributed by atoms with E-state index in [1.165, 1.54) is 0 Å². The maximum atomic E-state index is 11.9. The van der Waals surface area contributed by atoms with Crippen molar-refractivity contribution in [3.8, 4) is 17.2 Å². The number of phenols is 1. The Labute approximate surface area is 165 Å². The second-order valence-corrected chi connectivity index (χ2v) is 8.04. The fourth-order valence-electron chi connectivity index (χ4n) is 2.32. The van der Waals surface area contributed by atoms with Crippen LogP contribution in [0, 0.1) is 0 Å². The van der Waals surface area contributed by atoms with E-state index in [0.717, 1.165) is 20.1 Å². The van der Waals surface area contributed by atoms with Gasteiger partial charge < -0.3 is 14.7 Å². The van der Waals surface area contributed by atoms with E-state index >= 15 is 0 Å². The average molecular weight is 471 g/mol. The summed E-state index contributed by atoms with van der Waals surface area (Å²) in [7, 11) is 3.47. The Morgan fingerprint density at radius 1 is 1.16 bits per heavy atom. The molecule has 0 aliphatic carbocycles. The number of aromatic hydroxyl groups is 1. The molecular weight excluding hydrogens is 450 g/mol. The lowest BCUT2D eigenvalue weighted by Crippen LogP contribution is -2.23. The minimum atomic E-state index is 0.0348. The Balaban J connectivity index is 2.29. The number of carbonyl (C=O) groups is 1. The fraction of sp³-hybridized carbons (Fsp3) is 0.316. The lowest BCUT2D eigenvalue weighted by Gasteiger charge is -2.15. The minimum absolute atomic E-state index is 0.0348. The van der Waals surface area contributed by atoms with Crippen molar-refractivity contribution in [3.05, 3.63) is 50.4 Å². The molecule has 0 aromatic heterocycles. The number of rotatable bonds is 5. The number of benzene rings is 2. The van der Waals surface area contributed by atoms with Crippen LogP contribution in [0.25, 0.3) is 0 Å². The van der Waals surface area contributed by atoms with Crippen LogP contribution in [-0.2, 0) is 11.2 Å². The molecule has 2 rings (SSSR count). The van der Waals surface area contributed by atoms with Crippen molar-refractivity contribution >= 4 is 37.8 Å². The molecule has 0 saturated heterocycles. The molecule has 0 heterocycles. The van der Waals surface area contributed by atoms with Crippen LogP contribution >= 0.6 is 31.9 Å². The number of phenolic OH excluding ortho intramolecular Hbond substituents is 1. The van der Waals surface area contributed by atoms with Crippen LogP contribution in [0.5, 0.6) is 17.2 Å². The zero-order valence-electron chi connectivity index (χ0n) is 14.6.